The van der Waals surface area contributed by atoms with Crippen LogP contribution in [0.25, 0.3) is 0 Å². The molecule has 0 atom stereocenters. The summed E-state index contributed by atoms with van der Waals surface area (Å²) < 4.78 is 4.36. The average Bonchev–Trinajstić information content (AvgIpc) is 2.93. The Morgan fingerprint density at radius 3 is 2.68 bits per heavy atom. The van der Waals surface area contributed by atoms with Crippen molar-refractivity contribution in [1.29, 1.82) is 0 Å². The van der Waals surface area contributed by atoms with Crippen LogP contribution in [0, 0.1) is 0 Å². The van der Waals surface area contributed by atoms with Crippen LogP contribution < -0.4 is 10.6 Å². The minimum absolute atomic E-state index is 0.699. The number of aromatic nitrogens is 2. The van der Waals surface area contributed by atoms with Crippen molar-refractivity contribution in [3.8, 4) is 0 Å². The number of anilines is 1. The maximum Gasteiger partial charge on any atom is 0.205 e. The topological polar surface area (TPSA) is 55.0 Å². The summed E-state index contributed by atoms with van der Waals surface area (Å²) in [5.74, 6) is 0.922. The lowest BCUT2D eigenvalue weighted by atomic mass is 10.2. The van der Waals surface area contributed by atoms with Crippen molar-refractivity contribution in [3.05, 3.63) is 41.7 Å². The van der Waals surface area contributed by atoms with Gasteiger partial charge in [0.1, 0.15) is 5.82 Å². The van der Waals surface area contributed by atoms with Crippen LogP contribution in [0.4, 0.5) is 5.13 Å². The number of nitrogens with two attached hydrogens (primary N) is 1. The molecule has 0 saturated heterocycles. The molecule has 1 aromatic carbocycles. The molecule has 4 nitrogen and oxygen atoms in total. The highest BCUT2D eigenvalue weighted by atomic mass is 32.1. The van der Waals surface area contributed by atoms with E-state index in [1.165, 1.54) is 17.1 Å². The number of benzene rings is 1. The second-order valence-electron chi connectivity index (χ2n) is 4.40. The quantitative estimate of drug-likeness (QED) is 0.844. The molecule has 5 heteroatoms. The van der Waals surface area contributed by atoms with E-state index < -0.39 is 0 Å². The molecule has 0 saturated carbocycles. The van der Waals surface area contributed by atoms with Gasteiger partial charge in [-0.3, -0.25) is 0 Å². The number of nitrogens with zero attached hydrogens (tertiary/aromatic N) is 3. The largest absolute Gasteiger partial charge is 0.342 e. The van der Waals surface area contributed by atoms with E-state index in [1.54, 1.807) is 0 Å². The average molecular weight is 276 g/mol. The third-order valence-electron chi connectivity index (χ3n) is 2.89. The van der Waals surface area contributed by atoms with Gasteiger partial charge in [-0.05, 0) is 18.5 Å². The van der Waals surface area contributed by atoms with E-state index in [-0.39, 0.29) is 0 Å². The highest BCUT2D eigenvalue weighted by Crippen LogP contribution is 2.20. The Bertz CT molecular complexity index is 483. The van der Waals surface area contributed by atoms with E-state index >= 15 is 0 Å². The van der Waals surface area contributed by atoms with Crippen LogP contribution in [0.2, 0.25) is 0 Å². The Morgan fingerprint density at radius 2 is 2.05 bits per heavy atom. The third kappa shape index (κ3) is 4.01. The van der Waals surface area contributed by atoms with Crippen LogP contribution in [-0.4, -0.2) is 22.4 Å². The molecular formula is C14H20N4S. The molecule has 0 radical (unpaired) electrons. The van der Waals surface area contributed by atoms with Gasteiger partial charge in [0.2, 0.25) is 5.13 Å². The molecule has 2 N–H and O–H groups in total. The highest BCUT2D eigenvalue weighted by Gasteiger charge is 2.12. The van der Waals surface area contributed by atoms with Gasteiger partial charge in [0.25, 0.3) is 0 Å². The normalized spacial score (nSPS) is 10.6. The molecule has 0 fully saturated rings. The Morgan fingerprint density at radius 1 is 1.26 bits per heavy atom. The van der Waals surface area contributed by atoms with Gasteiger partial charge in [-0.1, -0.05) is 37.3 Å². The molecule has 1 aromatic heterocycles. The molecule has 0 spiro atoms. The number of hydrogen-bond acceptors (Lipinski definition) is 5. The van der Waals surface area contributed by atoms with Gasteiger partial charge in [-0.25, -0.2) is 4.98 Å². The molecule has 102 valence electrons. The zero-order valence-corrected chi connectivity index (χ0v) is 12.1. The fourth-order valence-corrected chi connectivity index (χ4v) is 2.62. The molecular weight excluding hydrogens is 256 g/mol. The lowest BCUT2D eigenvalue weighted by Crippen LogP contribution is -2.25. The molecule has 0 amide bonds. The van der Waals surface area contributed by atoms with Crippen LogP contribution in [0.5, 0.6) is 0 Å². The number of rotatable bonds is 7. The molecule has 0 aliphatic heterocycles. The zero-order valence-electron chi connectivity index (χ0n) is 11.2. The first-order valence-electron chi connectivity index (χ1n) is 6.65. The molecule has 1 heterocycles. The van der Waals surface area contributed by atoms with Crippen molar-refractivity contribution in [3.63, 3.8) is 0 Å². The van der Waals surface area contributed by atoms with Crippen molar-refractivity contribution in [2.45, 2.75) is 26.3 Å². The Labute approximate surface area is 118 Å². The van der Waals surface area contributed by atoms with Gasteiger partial charge in [0.05, 0.1) is 0 Å². The fourth-order valence-electron chi connectivity index (χ4n) is 1.85. The monoisotopic (exact) mass is 276 g/mol. The van der Waals surface area contributed by atoms with Crippen LogP contribution in [0.3, 0.4) is 0 Å². The van der Waals surface area contributed by atoms with Crippen LogP contribution in [-0.2, 0) is 13.0 Å². The molecule has 0 unspecified atom stereocenters. The second-order valence-corrected chi connectivity index (χ2v) is 5.13. The minimum Gasteiger partial charge on any atom is -0.342 e. The molecule has 0 aliphatic carbocycles. The zero-order chi connectivity index (χ0) is 13.5. The first-order valence-corrected chi connectivity index (χ1v) is 7.42. The van der Waals surface area contributed by atoms with Gasteiger partial charge in [0, 0.05) is 31.0 Å². The van der Waals surface area contributed by atoms with Crippen LogP contribution in [0.15, 0.2) is 30.3 Å². The van der Waals surface area contributed by atoms with E-state index in [0.717, 1.165) is 36.9 Å². The van der Waals surface area contributed by atoms with E-state index in [1.807, 2.05) is 6.07 Å². The Hall–Kier alpha value is -1.46. The molecule has 2 rings (SSSR count). The summed E-state index contributed by atoms with van der Waals surface area (Å²) in [4.78, 5) is 6.83. The minimum atomic E-state index is 0.699. The highest BCUT2D eigenvalue weighted by molar-refractivity contribution is 7.09. The predicted molar refractivity (Wildman–Crippen MR) is 80.5 cm³/mol. The van der Waals surface area contributed by atoms with E-state index in [2.05, 4.69) is 45.4 Å². The summed E-state index contributed by atoms with van der Waals surface area (Å²) in [5.41, 5.74) is 6.91. The van der Waals surface area contributed by atoms with Gasteiger partial charge in [0.15, 0.2) is 0 Å². The molecule has 0 bridgehead atoms. The maximum atomic E-state index is 5.62. The van der Waals surface area contributed by atoms with Crippen molar-refractivity contribution >= 4 is 16.7 Å². The fraction of sp³-hybridized carbons (Fsp3) is 0.429. The van der Waals surface area contributed by atoms with Crippen LogP contribution >= 0.6 is 11.5 Å². The van der Waals surface area contributed by atoms with Crippen molar-refractivity contribution in [2.24, 2.45) is 5.73 Å². The summed E-state index contributed by atoms with van der Waals surface area (Å²) in [6, 6.07) is 10.4. The first kappa shape index (κ1) is 14.0. The van der Waals surface area contributed by atoms with E-state index in [9.17, 15) is 0 Å². The SMILES string of the molecule is CCc1nsc(N(CCCN)Cc2ccccc2)n1. The van der Waals surface area contributed by atoms with Crippen molar-refractivity contribution in [2.75, 3.05) is 18.0 Å². The predicted octanol–water partition coefficient (Wildman–Crippen LogP) is 2.46. The summed E-state index contributed by atoms with van der Waals surface area (Å²) in [6.07, 6.45) is 1.85. The third-order valence-corrected chi connectivity index (χ3v) is 3.71. The molecule has 2 aromatic rings. The molecule has 0 aliphatic rings. The second kappa shape index (κ2) is 7.21. The summed E-state index contributed by atoms with van der Waals surface area (Å²) >= 11 is 1.48. The lowest BCUT2D eigenvalue weighted by Gasteiger charge is -2.21. The summed E-state index contributed by atoms with van der Waals surface area (Å²) in [5, 5.41) is 0.995. The van der Waals surface area contributed by atoms with E-state index in [0.29, 0.717) is 6.54 Å². The van der Waals surface area contributed by atoms with Gasteiger partial charge in [-0.2, -0.15) is 4.37 Å². The summed E-state index contributed by atoms with van der Waals surface area (Å²) in [7, 11) is 0. The first-order chi connectivity index (χ1) is 9.33. The van der Waals surface area contributed by atoms with E-state index in [4.69, 9.17) is 5.73 Å². The number of aryl methyl sites for hydroxylation is 1. The molecule has 19 heavy (non-hydrogen) atoms. The Balaban J connectivity index is 2.11. The number of hydrogen-bond donors (Lipinski definition) is 1. The summed E-state index contributed by atoms with van der Waals surface area (Å²) in [6.45, 7) is 4.56. The van der Waals surface area contributed by atoms with Gasteiger partial charge >= 0.3 is 0 Å². The van der Waals surface area contributed by atoms with Gasteiger partial charge in [-0.15, -0.1) is 0 Å². The lowest BCUT2D eigenvalue weighted by molar-refractivity contribution is 0.731. The standard InChI is InChI=1S/C14H20N4S/c1-2-13-16-14(19-17-13)18(10-6-9-15)11-12-7-4-3-5-8-12/h3-5,7-8H,2,6,9-11,15H2,1H3. The van der Waals surface area contributed by atoms with Crippen LogP contribution in [0.1, 0.15) is 24.7 Å². The van der Waals surface area contributed by atoms with Crippen molar-refractivity contribution < 1.29 is 0 Å². The maximum absolute atomic E-state index is 5.62. The van der Waals surface area contributed by atoms with Gasteiger partial charge < -0.3 is 10.6 Å². The Kier molecular flexibility index (Phi) is 5.30. The smallest absolute Gasteiger partial charge is 0.205 e. The van der Waals surface area contributed by atoms with Crippen molar-refractivity contribution in [1.82, 2.24) is 9.36 Å².